The van der Waals surface area contributed by atoms with Crippen molar-refractivity contribution in [1.82, 2.24) is 29.7 Å². The van der Waals surface area contributed by atoms with E-state index in [1.54, 1.807) is 28.6 Å². The van der Waals surface area contributed by atoms with Gasteiger partial charge in [0.25, 0.3) is 5.91 Å². The Morgan fingerprint density at radius 1 is 1.20 bits per heavy atom. The van der Waals surface area contributed by atoms with Gasteiger partial charge in [-0.25, -0.2) is 9.07 Å². The lowest BCUT2D eigenvalue weighted by molar-refractivity contribution is 0.0933. The van der Waals surface area contributed by atoms with E-state index in [2.05, 4.69) is 20.6 Å². The number of rotatable bonds is 7. The van der Waals surface area contributed by atoms with Crippen LogP contribution in [0.3, 0.4) is 0 Å². The van der Waals surface area contributed by atoms with Gasteiger partial charge in [-0.3, -0.25) is 9.20 Å². The van der Waals surface area contributed by atoms with E-state index in [0.29, 0.717) is 29.2 Å². The van der Waals surface area contributed by atoms with Gasteiger partial charge in [-0.05, 0) is 61.8 Å². The number of aromatic nitrogens is 5. The molecule has 0 saturated heterocycles. The maximum atomic E-state index is 13.2. The van der Waals surface area contributed by atoms with Crippen molar-refractivity contribution in [2.24, 2.45) is 0 Å². The van der Waals surface area contributed by atoms with Gasteiger partial charge in [-0.15, -0.1) is 10.2 Å². The molecular weight excluding hydrogens is 403 g/mol. The Labute approximate surface area is 177 Å². The normalized spacial score (nSPS) is 12.2. The molecule has 1 unspecified atom stereocenters. The molecule has 3 aromatic heterocycles. The minimum absolute atomic E-state index is 0.236. The van der Waals surface area contributed by atoms with E-state index in [1.165, 1.54) is 18.3 Å². The van der Waals surface area contributed by atoms with Crippen molar-refractivity contribution in [2.45, 2.75) is 19.4 Å². The number of nitrogens with one attached hydrogen (secondary N) is 1. The average molecular weight is 425 g/mol. The van der Waals surface area contributed by atoms with Crippen molar-refractivity contribution in [2.75, 3.05) is 12.0 Å². The van der Waals surface area contributed by atoms with Crippen LogP contribution >= 0.6 is 11.8 Å². The summed E-state index contributed by atoms with van der Waals surface area (Å²) in [6, 6.07) is 11.4. The first-order chi connectivity index (χ1) is 14.6. The number of benzene rings is 1. The maximum absolute atomic E-state index is 13.2. The standard InChI is InChI=1S/C21H21FN6OS/c1-14-17(13-23-28(14)16-8-6-15(22)7-9-16)21(29)24-18(10-12-30-2)20-26-25-19-5-3-4-11-27(19)20/h3-9,11,13,18H,10,12H2,1-2H3,(H,24,29). The molecule has 7 nitrogen and oxygen atoms in total. The molecule has 1 amide bonds. The fourth-order valence-electron chi connectivity index (χ4n) is 3.31. The number of amides is 1. The Bertz CT molecular complexity index is 1170. The van der Waals surface area contributed by atoms with Gasteiger partial charge in [0.15, 0.2) is 11.5 Å². The lowest BCUT2D eigenvalue weighted by Gasteiger charge is -2.17. The van der Waals surface area contributed by atoms with Crippen LogP contribution in [0.15, 0.2) is 54.9 Å². The van der Waals surface area contributed by atoms with E-state index in [4.69, 9.17) is 0 Å². The van der Waals surface area contributed by atoms with Crippen LogP contribution < -0.4 is 5.32 Å². The zero-order valence-electron chi connectivity index (χ0n) is 16.6. The molecule has 0 radical (unpaired) electrons. The van der Waals surface area contributed by atoms with Gasteiger partial charge in [0.1, 0.15) is 5.82 Å². The molecule has 3 heterocycles. The quantitative estimate of drug-likeness (QED) is 0.491. The summed E-state index contributed by atoms with van der Waals surface area (Å²) in [7, 11) is 0. The number of halogens is 1. The number of fused-ring (bicyclic) bond motifs is 1. The first-order valence-electron chi connectivity index (χ1n) is 9.48. The van der Waals surface area contributed by atoms with Crippen molar-refractivity contribution in [3.8, 4) is 5.69 Å². The van der Waals surface area contributed by atoms with E-state index in [-0.39, 0.29) is 17.8 Å². The SMILES string of the molecule is CSCCC(NC(=O)c1cnn(-c2ccc(F)cc2)c1C)c1nnc2ccccn12. The Hall–Kier alpha value is -3.20. The number of nitrogens with zero attached hydrogens (tertiary/aromatic N) is 5. The van der Waals surface area contributed by atoms with Crippen molar-refractivity contribution >= 4 is 23.3 Å². The summed E-state index contributed by atoms with van der Waals surface area (Å²) >= 11 is 1.71. The Morgan fingerprint density at radius 3 is 2.77 bits per heavy atom. The molecule has 0 bridgehead atoms. The van der Waals surface area contributed by atoms with Crippen molar-refractivity contribution < 1.29 is 9.18 Å². The number of carbonyl (C=O) groups excluding carboxylic acids is 1. The van der Waals surface area contributed by atoms with E-state index < -0.39 is 0 Å². The van der Waals surface area contributed by atoms with Crippen LogP contribution in [-0.2, 0) is 0 Å². The van der Waals surface area contributed by atoms with Crippen LogP contribution in [0, 0.1) is 12.7 Å². The fraction of sp³-hybridized carbons (Fsp3) is 0.238. The molecule has 0 aliphatic heterocycles. The monoisotopic (exact) mass is 424 g/mol. The third-order valence-electron chi connectivity index (χ3n) is 4.89. The van der Waals surface area contributed by atoms with Crippen LogP contribution in [0.2, 0.25) is 0 Å². The topological polar surface area (TPSA) is 77.1 Å². The minimum Gasteiger partial charge on any atom is -0.342 e. The fourth-order valence-corrected chi connectivity index (χ4v) is 3.78. The predicted molar refractivity (Wildman–Crippen MR) is 114 cm³/mol. The molecule has 0 aliphatic rings. The second kappa shape index (κ2) is 8.66. The number of thioether (sulfide) groups is 1. The van der Waals surface area contributed by atoms with Gasteiger partial charge in [-0.2, -0.15) is 16.9 Å². The van der Waals surface area contributed by atoms with Gasteiger partial charge in [-0.1, -0.05) is 6.07 Å². The van der Waals surface area contributed by atoms with Gasteiger partial charge in [0, 0.05) is 6.20 Å². The van der Waals surface area contributed by atoms with E-state index >= 15 is 0 Å². The average Bonchev–Trinajstić information content (AvgIpc) is 3.35. The molecule has 154 valence electrons. The molecule has 0 spiro atoms. The van der Waals surface area contributed by atoms with Gasteiger partial charge >= 0.3 is 0 Å². The van der Waals surface area contributed by atoms with Crippen molar-refractivity contribution in [3.63, 3.8) is 0 Å². The van der Waals surface area contributed by atoms with Gasteiger partial charge in [0.05, 0.1) is 29.2 Å². The van der Waals surface area contributed by atoms with Crippen molar-refractivity contribution in [3.05, 3.63) is 77.8 Å². The molecule has 4 aromatic rings. The van der Waals surface area contributed by atoms with E-state index in [1.807, 2.05) is 42.0 Å². The number of hydrogen-bond donors (Lipinski definition) is 1. The lowest BCUT2D eigenvalue weighted by atomic mass is 10.1. The summed E-state index contributed by atoms with van der Waals surface area (Å²) in [6.45, 7) is 1.81. The third-order valence-corrected chi connectivity index (χ3v) is 5.54. The summed E-state index contributed by atoms with van der Waals surface area (Å²) < 4.78 is 16.7. The Balaban J connectivity index is 1.61. The second-order valence-electron chi connectivity index (χ2n) is 6.83. The molecule has 1 atom stereocenters. The highest BCUT2D eigenvalue weighted by atomic mass is 32.2. The number of pyridine rings is 1. The Morgan fingerprint density at radius 2 is 2.00 bits per heavy atom. The molecule has 1 aromatic carbocycles. The van der Waals surface area contributed by atoms with Crippen LogP contribution in [-0.4, -0.2) is 42.3 Å². The van der Waals surface area contributed by atoms with Crippen LogP contribution in [0.4, 0.5) is 4.39 Å². The van der Waals surface area contributed by atoms with Crippen LogP contribution in [0.5, 0.6) is 0 Å². The summed E-state index contributed by atoms with van der Waals surface area (Å²) in [5.41, 5.74) is 2.56. The number of carbonyl (C=O) groups is 1. The largest absolute Gasteiger partial charge is 0.342 e. The van der Waals surface area contributed by atoms with Gasteiger partial charge < -0.3 is 5.32 Å². The molecule has 30 heavy (non-hydrogen) atoms. The summed E-state index contributed by atoms with van der Waals surface area (Å²) in [4.78, 5) is 13.1. The zero-order chi connectivity index (χ0) is 21.1. The highest BCUT2D eigenvalue weighted by Gasteiger charge is 2.23. The first kappa shape index (κ1) is 20.1. The Kier molecular flexibility index (Phi) is 5.80. The van der Waals surface area contributed by atoms with Crippen LogP contribution in [0.1, 0.15) is 34.3 Å². The third kappa shape index (κ3) is 3.93. The van der Waals surface area contributed by atoms with Gasteiger partial charge in [0.2, 0.25) is 0 Å². The molecular formula is C21H21FN6OS. The molecule has 1 N–H and O–H groups in total. The molecule has 0 fully saturated rings. The molecule has 0 saturated carbocycles. The lowest BCUT2D eigenvalue weighted by Crippen LogP contribution is -2.30. The highest BCUT2D eigenvalue weighted by molar-refractivity contribution is 7.98. The smallest absolute Gasteiger partial charge is 0.255 e. The maximum Gasteiger partial charge on any atom is 0.255 e. The van der Waals surface area contributed by atoms with E-state index in [9.17, 15) is 9.18 Å². The van der Waals surface area contributed by atoms with Crippen LogP contribution in [0.25, 0.3) is 11.3 Å². The highest BCUT2D eigenvalue weighted by Crippen LogP contribution is 2.20. The minimum atomic E-state index is -0.321. The molecule has 4 rings (SSSR count). The molecule has 0 aliphatic carbocycles. The molecule has 9 heteroatoms. The first-order valence-corrected chi connectivity index (χ1v) is 10.9. The number of hydrogen-bond acceptors (Lipinski definition) is 5. The van der Waals surface area contributed by atoms with E-state index in [0.717, 1.165) is 11.4 Å². The second-order valence-corrected chi connectivity index (χ2v) is 7.81. The predicted octanol–water partition coefficient (Wildman–Crippen LogP) is 3.59. The zero-order valence-corrected chi connectivity index (χ0v) is 17.4. The summed E-state index contributed by atoms with van der Waals surface area (Å²) in [5, 5.41) is 15.9. The summed E-state index contributed by atoms with van der Waals surface area (Å²) in [6.07, 6.45) is 6.16. The van der Waals surface area contributed by atoms with Crippen molar-refractivity contribution in [1.29, 1.82) is 0 Å². The summed E-state index contributed by atoms with van der Waals surface area (Å²) in [5.74, 6) is 0.996.